The fraction of sp³-hybridized carbons (Fsp3) is 0.625. The first-order chi connectivity index (χ1) is 5.24. The molecule has 0 saturated carbocycles. The first-order valence-electron chi connectivity index (χ1n) is 3.66. The summed E-state index contributed by atoms with van der Waals surface area (Å²) in [5, 5.41) is 8.66. The van der Waals surface area contributed by atoms with Crippen LogP contribution in [0.5, 0.6) is 0 Å². The summed E-state index contributed by atoms with van der Waals surface area (Å²) in [7, 11) is 1.60. The molecule has 0 amide bonds. The van der Waals surface area contributed by atoms with Crippen molar-refractivity contribution in [3.63, 3.8) is 0 Å². The largest absolute Gasteiger partial charge is 0.481 e. The Kier molecular flexibility index (Phi) is 2.65. The monoisotopic (exact) mass is 156 g/mol. The molecule has 1 aliphatic carbocycles. The Balaban J connectivity index is 2.51. The van der Waals surface area contributed by atoms with E-state index >= 15 is 0 Å². The second-order valence-electron chi connectivity index (χ2n) is 2.71. The molecule has 11 heavy (non-hydrogen) atoms. The number of carbonyl (C=O) groups is 1. The summed E-state index contributed by atoms with van der Waals surface area (Å²) in [6, 6.07) is 0. The summed E-state index contributed by atoms with van der Waals surface area (Å²) in [6.45, 7) is 0. The Hall–Kier alpha value is -0.830. The molecule has 0 fully saturated rings. The molecular formula is C8H12O3. The minimum absolute atomic E-state index is 0.00940. The fourth-order valence-corrected chi connectivity index (χ4v) is 1.23. The molecule has 0 spiro atoms. The molecular weight excluding hydrogens is 144 g/mol. The number of carboxylic acids is 1. The molecule has 2 unspecified atom stereocenters. The number of allylic oxidation sites excluding steroid dienone is 1. The van der Waals surface area contributed by atoms with Gasteiger partial charge < -0.3 is 9.84 Å². The third-order valence-electron chi connectivity index (χ3n) is 1.94. The lowest BCUT2D eigenvalue weighted by Crippen LogP contribution is -2.23. The van der Waals surface area contributed by atoms with Crippen molar-refractivity contribution in [2.45, 2.75) is 18.9 Å². The molecule has 1 aliphatic rings. The van der Waals surface area contributed by atoms with Gasteiger partial charge in [-0.1, -0.05) is 12.2 Å². The summed E-state index contributed by atoms with van der Waals surface area (Å²) >= 11 is 0. The molecule has 0 aliphatic heterocycles. The van der Waals surface area contributed by atoms with E-state index in [1.807, 2.05) is 12.2 Å². The first kappa shape index (κ1) is 8.27. The number of rotatable bonds is 2. The van der Waals surface area contributed by atoms with E-state index in [9.17, 15) is 4.79 Å². The van der Waals surface area contributed by atoms with Crippen molar-refractivity contribution in [1.82, 2.24) is 0 Å². The Morgan fingerprint density at radius 3 is 3.00 bits per heavy atom. The predicted octanol–water partition coefficient (Wildman–Crippen LogP) is 1.05. The van der Waals surface area contributed by atoms with Gasteiger partial charge in [0.25, 0.3) is 0 Å². The van der Waals surface area contributed by atoms with Gasteiger partial charge >= 0.3 is 5.97 Å². The van der Waals surface area contributed by atoms with Gasteiger partial charge in [-0.2, -0.15) is 0 Å². The second-order valence-corrected chi connectivity index (χ2v) is 2.71. The Morgan fingerprint density at radius 1 is 1.73 bits per heavy atom. The average molecular weight is 156 g/mol. The van der Waals surface area contributed by atoms with Crippen molar-refractivity contribution in [2.75, 3.05) is 7.11 Å². The van der Waals surface area contributed by atoms with Crippen molar-refractivity contribution in [2.24, 2.45) is 5.92 Å². The van der Waals surface area contributed by atoms with Gasteiger partial charge in [-0.05, 0) is 12.8 Å². The summed E-state index contributed by atoms with van der Waals surface area (Å²) in [6.07, 6.45) is 5.01. The molecule has 0 aromatic heterocycles. The highest BCUT2D eigenvalue weighted by Gasteiger charge is 2.22. The van der Waals surface area contributed by atoms with Crippen LogP contribution in [0.25, 0.3) is 0 Å². The third-order valence-corrected chi connectivity index (χ3v) is 1.94. The predicted molar refractivity (Wildman–Crippen MR) is 40.3 cm³/mol. The SMILES string of the molecule is COC1C=CCC(C(=O)O)C1. The third kappa shape index (κ3) is 2.05. The van der Waals surface area contributed by atoms with Crippen LogP contribution in [-0.4, -0.2) is 24.3 Å². The molecule has 0 aromatic rings. The van der Waals surface area contributed by atoms with Crippen LogP contribution in [0.4, 0.5) is 0 Å². The van der Waals surface area contributed by atoms with E-state index in [1.54, 1.807) is 7.11 Å². The van der Waals surface area contributed by atoms with Gasteiger partial charge in [0.05, 0.1) is 12.0 Å². The summed E-state index contributed by atoms with van der Waals surface area (Å²) in [5.41, 5.74) is 0. The van der Waals surface area contributed by atoms with E-state index in [4.69, 9.17) is 9.84 Å². The Morgan fingerprint density at radius 2 is 2.45 bits per heavy atom. The van der Waals surface area contributed by atoms with Crippen LogP contribution >= 0.6 is 0 Å². The van der Waals surface area contributed by atoms with Crippen molar-refractivity contribution in [3.8, 4) is 0 Å². The summed E-state index contributed by atoms with van der Waals surface area (Å²) < 4.78 is 5.02. The van der Waals surface area contributed by atoms with Gasteiger partial charge in [-0.25, -0.2) is 0 Å². The van der Waals surface area contributed by atoms with Crippen LogP contribution < -0.4 is 0 Å². The van der Waals surface area contributed by atoms with Crippen LogP contribution in [0, 0.1) is 5.92 Å². The van der Waals surface area contributed by atoms with Gasteiger partial charge in [-0.3, -0.25) is 4.79 Å². The lowest BCUT2D eigenvalue weighted by Gasteiger charge is -2.19. The summed E-state index contributed by atoms with van der Waals surface area (Å²) in [5.74, 6) is -0.985. The minimum Gasteiger partial charge on any atom is -0.481 e. The fourth-order valence-electron chi connectivity index (χ4n) is 1.23. The highest BCUT2D eigenvalue weighted by Crippen LogP contribution is 2.20. The molecule has 0 heterocycles. The zero-order chi connectivity index (χ0) is 8.27. The van der Waals surface area contributed by atoms with Gasteiger partial charge in [0.2, 0.25) is 0 Å². The van der Waals surface area contributed by atoms with Crippen LogP contribution in [0.2, 0.25) is 0 Å². The van der Waals surface area contributed by atoms with Gasteiger partial charge in [-0.15, -0.1) is 0 Å². The van der Waals surface area contributed by atoms with E-state index in [1.165, 1.54) is 0 Å². The number of aliphatic carboxylic acids is 1. The van der Waals surface area contributed by atoms with Crippen LogP contribution in [0.1, 0.15) is 12.8 Å². The molecule has 3 heteroatoms. The lowest BCUT2D eigenvalue weighted by atomic mass is 9.93. The molecule has 0 bridgehead atoms. The number of methoxy groups -OCH3 is 1. The molecule has 1 rings (SSSR count). The van der Waals surface area contributed by atoms with E-state index < -0.39 is 5.97 Å². The van der Waals surface area contributed by atoms with Crippen molar-refractivity contribution in [1.29, 1.82) is 0 Å². The molecule has 1 N–H and O–H groups in total. The van der Waals surface area contributed by atoms with E-state index in [2.05, 4.69) is 0 Å². The van der Waals surface area contributed by atoms with Crippen LogP contribution in [0.3, 0.4) is 0 Å². The maximum absolute atomic E-state index is 10.5. The maximum atomic E-state index is 10.5. The van der Waals surface area contributed by atoms with Gasteiger partial charge in [0, 0.05) is 7.11 Å². The smallest absolute Gasteiger partial charge is 0.306 e. The van der Waals surface area contributed by atoms with Crippen molar-refractivity contribution < 1.29 is 14.6 Å². The van der Waals surface area contributed by atoms with Crippen molar-refractivity contribution in [3.05, 3.63) is 12.2 Å². The first-order valence-corrected chi connectivity index (χ1v) is 3.66. The summed E-state index contributed by atoms with van der Waals surface area (Å²) in [4.78, 5) is 10.5. The average Bonchev–Trinajstić information content (AvgIpc) is 2.05. The highest BCUT2D eigenvalue weighted by atomic mass is 16.5. The highest BCUT2D eigenvalue weighted by molar-refractivity contribution is 5.70. The molecule has 0 radical (unpaired) electrons. The molecule has 62 valence electrons. The molecule has 0 saturated heterocycles. The second kappa shape index (κ2) is 3.53. The maximum Gasteiger partial charge on any atom is 0.306 e. The number of carboxylic acid groups (broad SMARTS) is 1. The van der Waals surface area contributed by atoms with E-state index in [-0.39, 0.29) is 12.0 Å². The van der Waals surface area contributed by atoms with Gasteiger partial charge in [0.15, 0.2) is 0 Å². The molecule has 2 atom stereocenters. The molecule has 0 aromatic carbocycles. The van der Waals surface area contributed by atoms with Crippen LogP contribution in [-0.2, 0) is 9.53 Å². The number of hydrogen-bond donors (Lipinski definition) is 1. The number of ether oxygens (including phenoxy) is 1. The van der Waals surface area contributed by atoms with E-state index in [0.29, 0.717) is 12.8 Å². The topological polar surface area (TPSA) is 46.5 Å². The lowest BCUT2D eigenvalue weighted by molar-refractivity contribution is -0.142. The number of hydrogen-bond acceptors (Lipinski definition) is 2. The van der Waals surface area contributed by atoms with Crippen molar-refractivity contribution >= 4 is 5.97 Å². The van der Waals surface area contributed by atoms with Gasteiger partial charge in [0.1, 0.15) is 0 Å². The Labute approximate surface area is 65.7 Å². The standard InChI is InChI=1S/C8H12O3/c1-11-7-4-2-3-6(5-7)8(9)10/h2,4,6-7H,3,5H2,1H3,(H,9,10). The van der Waals surface area contributed by atoms with Crippen LogP contribution in [0.15, 0.2) is 12.2 Å². The molecule has 3 nitrogen and oxygen atoms in total. The normalized spacial score (nSPS) is 30.3. The Bertz CT molecular complexity index is 174. The quantitative estimate of drug-likeness (QED) is 0.608. The van der Waals surface area contributed by atoms with E-state index in [0.717, 1.165) is 0 Å². The zero-order valence-corrected chi connectivity index (χ0v) is 6.49. The zero-order valence-electron chi connectivity index (χ0n) is 6.49. The minimum atomic E-state index is -0.726.